The van der Waals surface area contributed by atoms with E-state index in [0.717, 1.165) is 19.3 Å². The molecular formula is C17H23NO5S. The average Bonchev–Trinajstić information content (AvgIpc) is 2.55. The number of carbonyl (C=O) groups is 2. The summed E-state index contributed by atoms with van der Waals surface area (Å²) in [6, 6.07) is 8.63. The lowest BCUT2D eigenvalue weighted by Gasteiger charge is -2.27. The first-order valence-electron chi connectivity index (χ1n) is 8.12. The first-order chi connectivity index (χ1) is 11.4. The van der Waals surface area contributed by atoms with E-state index in [9.17, 15) is 23.1 Å². The highest BCUT2D eigenvalue weighted by Gasteiger charge is 2.30. The van der Waals surface area contributed by atoms with Crippen LogP contribution in [0.1, 0.15) is 31.2 Å². The highest BCUT2D eigenvalue weighted by atomic mass is 32.2. The maximum Gasteiger partial charge on any atom is 0.308 e. The third kappa shape index (κ3) is 5.63. The van der Waals surface area contributed by atoms with Crippen LogP contribution in [0.5, 0.6) is 0 Å². The molecule has 2 rings (SSSR count). The van der Waals surface area contributed by atoms with Crippen molar-refractivity contribution in [2.75, 3.05) is 18.8 Å². The number of likely N-dealkylation sites (tertiary alicyclic amines) is 1. The third-order valence-electron chi connectivity index (χ3n) is 4.16. The number of nitrogens with zero attached hydrogens (tertiary/aromatic N) is 1. The fourth-order valence-corrected chi connectivity index (χ4v) is 4.59. The van der Waals surface area contributed by atoms with E-state index in [1.807, 2.05) is 0 Å². The first-order valence-corrected chi connectivity index (χ1v) is 9.94. The molecule has 0 aromatic heterocycles. The van der Waals surface area contributed by atoms with Crippen LogP contribution < -0.4 is 0 Å². The lowest BCUT2D eigenvalue weighted by atomic mass is 10.1. The standard InChI is InChI=1S/C17H23NO5S/c19-16(18-9-5-2-6-10-18)11-15(17(20)21)13-24(22,23)12-14-7-3-1-4-8-14/h1,3-4,7-8,15H,2,5-6,9-13H2,(H,20,21). The van der Waals surface area contributed by atoms with E-state index in [-0.39, 0.29) is 18.1 Å². The minimum Gasteiger partial charge on any atom is -0.481 e. The molecule has 1 aliphatic heterocycles. The average molecular weight is 353 g/mol. The molecule has 1 unspecified atom stereocenters. The molecule has 1 heterocycles. The van der Waals surface area contributed by atoms with E-state index in [1.165, 1.54) is 0 Å². The van der Waals surface area contributed by atoms with Crippen LogP contribution in [-0.4, -0.2) is 49.1 Å². The van der Waals surface area contributed by atoms with Crippen molar-refractivity contribution in [1.82, 2.24) is 4.90 Å². The molecule has 0 spiro atoms. The van der Waals surface area contributed by atoms with E-state index < -0.39 is 27.5 Å². The van der Waals surface area contributed by atoms with Gasteiger partial charge in [0.2, 0.25) is 5.91 Å². The fraction of sp³-hybridized carbons (Fsp3) is 0.529. The number of carboxylic acids is 1. The van der Waals surface area contributed by atoms with E-state index >= 15 is 0 Å². The zero-order chi connectivity index (χ0) is 17.6. The summed E-state index contributed by atoms with van der Waals surface area (Å²) in [5, 5.41) is 9.31. The van der Waals surface area contributed by atoms with E-state index in [2.05, 4.69) is 0 Å². The predicted octanol–water partition coefficient (Wildman–Crippen LogP) is 1.70. The van der Waals surface area contributed by atoms with Crippen molar-refractivity contribution in [2.45, 2.75) is 31.4 Å². The van der Waals surface area contributed by atoms with Gasteiger partial charge in [0.25, 0.3) is 0 Å². The van der Waals surface area contributed by atoms with Crippen molar-refractivity contribution >= 4 is 21.7 Å². The molecule has 1 fully saturated rings. The molecule has 1 N–H and O–H groups in total. The molecule has 1 aliphatic rings. The van der Waals surface area contributed by atoms with E-state index in [0.29, 0.717) is 18.7 Å². The maximum atomic E-state index is 12.3. The summed E-state index contributed by atoms with van der Waals surface area (Å²) in [6.07, 6.45) is 2.63. The maximum absolute atomic E-state index is 12.3. The van der Waals surface area contributed by atoms with Crippen molar-refractivity contribution in [3.05, 3.63) is 35.9 Å². The summed E-state index contributed by atoms with van der Waals surface area (Å²) in [7, 11) is -3.61. The minimum atomic E-state index is -3.61. The number of carboxylic acid groups (broad SMARTS) is 1. The lowest BCUT2D eigenvalue weighted by Crippen LogP contribution is -2.38. The van der Waals surface area contributed by atoms with Crippen LogP contribution in [0, 0.1) is 5.92 Å². The number of piperidine rings is 1. The highest BCUT2D eigenvalue weighted by Crippen LogP contribution is 2.17. The van der Waals surface area contributed by atoms with Gasteiger partial charge >= 0.3 is 5.97 Å². The molecule has 1 atom stereocenters. The first kappa shape index (κ1) is 18.4. The van der Waals surface area contributed by atoms with Gasteiger partial charge < -0.3 is 10.0 Å². The Bertz CT molecular complexity index is 665. The summed E-state index contributed by atoms with van der Waals surface area (Å²) >= 11 is 0. The Morgan fingerprint density at radius 2 is 1.71 bits per heavy atom. The molecule has 0 bridgehead atoms. The Balaban J connectivity index is 1.99. The highest BCUT2D eigenvalue weighted by molar-refractivity contribution is 7.90. The second-order valence-electron chi connectivity index (χ2n) is 6.22. The number of rotatable bonds is 7. The zero-order valence-corrected chi connectivity index (χ0v) is 14.4. The van der Waals surface area contributed by atoms with Gasteiger partial charge in [0.15, 0.2) is 9.84 Å². The molecule has 24 heavy (non-hydrogen) atoms. The number of hydrogen-bond acceptors (Lipinski definition) is 4. The summed E-state index contributed by atoms with van der Waals surface area (Å²) in [5.74, 6) is -3.44. The summed E-state index contributed by atoms with van der Waals surface area (Å²) < 4.78 is 24.6. The second-order valence-corrected chi connectivity index (χ2v) is 8.33. The Hall–Kier alpha value is -1.89. The Morgan fingerprint density at radius 3 is 2.29 bits per heavy atom. The largest absolute Gasteiger partial charge is 0.481 e. The smallest absolute Gasteiger partial charge is 0.308 e. The van der Waals surface area contributed by atoms with Gasteiger partial charge in [-0.25, -0.2) is 8.42 Å². The zero-order valence-electron chi connectivity index (χ0n) is 13.6. The molecule has 1 amide bonds. The topological polar surface area (TPSA) is 91.8 Å². The van der Waals surface area contributed by atoms with Gasteiger partial charge in [0.05, 0.1) is 17.4 Å². The molecule has 1 saturated heterocycles. The molecule has 0 radical (unpaired) electrons. The number of hydrogen-bond donors (Lipinski definition) is 1. The molecule has 6 nitrogen and oxygen atoms in total. The number of sulfone groups is 1. The van der Waals surface area contributed by atoms with Crippen molar-refractivity contribution in [3.8, 4) is 0 Å². The van der Waals surface area contributed by atoms with Crippen molar-refractivity contribution < 1.29 is 23.1 Å². The Labute approximate surface area is 142 Å². The van der Waals surface area contributed by atoms with Gasteiger partial charge in [0.1, 0.15) is 0 Å². The Kier molecular flexibility index (Phi) is 6.36. The number of aliphatic carboxylic acids is 1. The minimum absolute atomic E-state index is 0.213. The number of carbonyl (C=O) groups excluding carboxylic acids is 1. The van der Waals surface area contributed by atoms with Gasteiger partial charge in [-0.2, -0.15) is 0 Å². The van der Waals surface area contributed by atoms with Crippen LogP contribution in [0.3, 0.4) is 0 Å². The normalized spacial score (nSPS) is 16.6. The van der Waals surface area contributed by atoms with Gasteiger partial charge in [-0.1, -0.05) is 30.3 Å². The SMILES string of the molecule is O=C(O)C(CC(=O)N1CCCCC1)CS(=O)(=O)Cc1ccccc1. The van der Waals surface area contributed by atoms with E-state index in [1.54, 1.807) is 35.2 Å². The molecule has 1 aromatic carbocycles. The summed E-state index contributed by atoms with van der Waals surface area (Å²) in [6.45, 7) is 1.25. The van der Waals surface area contributed by atoms with Gasteiger partial charge in [-0.3, -0.25) is 9.59 Å². The van der Waals surface area contributed by atoms with E-state index in [4.69, 9.17) is 0 Å². The van der Waals surface area contributed by atoms with Crippen LogP contribution in [0.2, 0.25) is 0 Å². The monoisotopic (exact) mass is 353 g/mol. The summed E-state index contributed by atoms with van der Waals surface area (Å²) in [4.78, 5) is 25.3. The number of amides is 1. The van der Waals surface area contributed by atoms with Gasteiger partial charge in [0, 0.05) is 19.5 Å². The fourth-order valence-electron chi connectivity index (χ4n) is 2.89. The third-order valence-corrected chi connectivity index (χ3v) is 5.85. The van der Waals surface area contributed by atoms with Gasteiger partial charge in [-0.05, 0) is 24.8 Å². The quantitative estimate of drug-likeness (QED) is 0.805. The van der Waals surface area contributed by atoms with Crippen molar-refractivity contribution in [1.29, 1.82) is 0 Å². The van der Waals surface area contributed by atoms with Crippen LogP contribution in [0.4, 0.5) is 0 Å². The molecule has 0 saturated carbocycles. The van der Waals surface area contributed by atoms with Crippen LogP contribution in [-0.2, 0) is 25.2 Å². The van der Waals surface area contributed by atoms with Crippen LogP contribution >= 0.6 is 0 Å². The molecular weight excluding hydrogens is 330 g/mol. The van der Waals surface area contributed by atoms with Gasteiger partial charge in [-0.15, -0.1) is 0 Å². The summed E-state index contributed by atoms with van der Waals surface area (Å²) in [5.41, 5.74) is 0.615. The van der Waals surface area contributed by atoms with Crippen LogP contribution in [0.25, 0.3) is 0 Å². The van der Waals surface area contributed by atoms with Crippen molar-refractivity contribution in [3.63, 3.8) is 0 Å². The predicted molar refractivity (Wildman–Crippen MR) is 90.1 cm³/mol. The number of benzene rings is 1. The molecule has 0 aliphatic carbocycles. The second kappa shape index (κ2) is 8.28. The Morgan fingerprint density at radius 1 is 1.08 bits per heavy atom. The molecule has 132 valence electrons. The van der Waals surface area contributed by atoms with Crippen molar-refractivity contribution in [2.24, 2.45) is 5.92 Å². The van der Waals surface area contributed by atoms with Crippen LogP contribution in [0.15, 0.2) is 30.3 Å². The molecule has 7 heteroatoms. The lowest BCUT2D eigenvalue weighted by molar-refractivity contribution is -0.145. The molecule has 1 aromatic rings.